The summed E-state index contributed by atoms with van der Waals surface area (Å²) in [6, 6.07) is 17.8. The highest BCUT2D eigenvalue weighted by Crippen LogP contribution is 2.20. The lowest BCUT2D eigenvalue weighted by Gasteiger charge is -2.21. The van der Waals surface area contributed by atoms with E-state index in [2.05, 4.69) is 27.8 Å². The Morgan fingerprint density at radius 2 is 1.96 bits per heavy atom. The van der Waals surface area contributed by atoms with Crippen LogP contribution in [0.2, 0.25) is 5.02 Å². The molecular formula is C19H20ClN3O2. The van der Waals surface area contributed by atoms with Crippen LogP contribution in [0.15, 0.2) is 59.6 Å². The third kappa shape index (κ3) is 4.97. The average molecular weight is 358 g/mol. The van der Waals surface area contributed by atoms with Gasteiger partial charge in [0.05, 0.1) is 25.0 Å². The van der Waals surface area contributed by atoms with Crippen LogP contribution in [0.4, 0.5) is 0 Å². The Balaban J connectivity index is 1.71. The maximum atomic E-state index is 10.9. The Kier molecular flexibility index (Phi) is 5.56. The topological polar surface area (TPSA) is 73.7 Å². The van der Waals surface area contributed by atoms with Gasteiger partial charge in [0.1, 0.15) is 0 Å². The molecule has 0 aliphatic carbocycles. The number of rotatable bonds is 6. The summed E-state index contributed by atoms with van der Waals surface area (Å²) in [4.78, 5) is 15.3. The lowest BCUT2D eigenvalue weighted by molar-refractivity contribution is -0.137. The molecule has 2 atom stereocenters. The number of halogens is 1. The Morgan fingerprint density at radius 3 is 2.64 bits per heavy atom. The van der Waals surface area contributed by atoms with Crippen LogP contribution in [0.5, 0.6) is 0 Å². The summed E-state index contributed by atoms with van der Waals surface area (Å²) in [7, 11) is 0. The second kappa shape index (κ2) is 8.03. The fourth-order valence-electron chi connectivity index (χ4n) is 2.86. The van der Waals surface area contributed by atoms with E-state index in [0.717, 1.165) is 17.5 Å². The van der Waals surface area contributed by atoms with Crippen molar-refractivity contribution in [1.29, 1.82) is 0 Å². The van der Waals surface area contributed by atoms with E-state index in [9.17, 15) is 4.79 Å². The highest BCUT2D eigenvalue weighted by Gasteiger charge is 2.22. The van der Waals surface area contributed by atoms with Crippen LogP contribution in [0, 0.1) is 0 Å². The summed E-state index contributed by atoms with van der Waals surface area (Å²) in [6.07, 6.45) is 0.827. The van der Waals surface area contributed by atoms with Crippen molar-refractivity contribution in [2.45, 2.75) is 24.9 Å². The molecule has 2 unspecified atom stereocenters. The maximum Gasteiger partial charge on any atom is 0.305 e. The Hall–Kier alpha value is -2.53. The zero-order chi connectivity index (χ0) is 17.6. The van der Waals surface area contributed by atoms with Gasteiger partial charge in [-0.25, -0.2) is 0 Å². The van der Waals surface area contributed by atoms with Crippen LogP contribution in [0.3, 0.4) is 0 Å². The van der Waals surface area contributed by atoms with Crippen molar-refractivity contribution < 1.29 is 9.90 Å². The van der Waals surface area contributed by atoms with Gasteiger partial charge < -0.3 is 15.7 Å². The molecule has 130 valence electrons. The van der Waals surface area contributed by atoms with Gasteiger partial charge in [-0.05, 0) is 29.7 Å². The zero-order valence-electron chi connectivity index (χ0n) is 13.7. The number of hydrogen-bond donors (Lipinski definition) is 3. The van der Waals surface area contributed by atoms with Crippen molar-refractivity contribution in [2.75, 3.05) is 6.54 Å². The fraction of sp³-hybridized carbons (Fsp3) is 0.263. The summed E-state index contributed by atoms with van der Waals surface area (Å²) in [5, 5.41) is 16.2. The maximum absolute atomic E-state index is 10.9. The summed E-state index contributed by atoms with van der Waals surface area (Å²) in [6.45, 7) is 0.469. The number of benzene rings is 2. The molecule has 1 heterocycles. The molecule has 0 radical (unpaired) electrons. The minimum absolute atomic E-state index is 0.0252. The predicted octanol–water partition coefficient (Wildman–Crippen LogP) is 3.02. The van der Waals surface area contributed by atoms with Crippen LogP contribution in [0.1, 0.15) is 23.6 Å². The largest absolute Gasteiger partial charge is 0.481 e. The first kappa shape index (κ1) is 17.3. The number of carbonyl (C=O) groups is 1. The normalized spacial score (nSPS) is 17.5. The highest BCUT2D eigenvalue weighted by molar-refractivity contribution is 6.30. The number of hydrogen-bond acceptors (Lipinski definition) is 4. The van der Waals surface area contributed by atoms with Crippen molar-refractivity contribution in [3.05, 3.63) is 70.7 Å². The Labute approximate surface area is 151 Å². The summed E-state index contributed by atoms with van der Waals surface area (Å²) in [5.74, 6) is -0.177. The highest BCUT2D eigenvalue weighted by atomic mass is 35.5. The number of aliphatic carboxylic acids is 1. The molecule has 0 fully saturated rings. The quantitative estimate of drug-likeness (QED) is 0.743. The number of carboxylic acid groups (broad SMARTS) is 1. The van der Waals surface area contributed by atoms with Crippen LogP contribution in [-0.2, 0) is 11.2 Å². The van der Waals surface area contributed by atoms with E-state index in [0.29, 0.717) is 17.5 Å². The molecule has 1 aliphatic rings. The minimum atomic E-state index is -0.824. The molecule has 3 rings (SSSR count). The molecule has 6 heteroatoms. The van der Waals surface area contributed by atoms with E-state index in [-0.39, 0.29) is 18.5 Å². The second-order valence-corrected chi connectivity index (χ2v) is 6.50. The van der Waals surface area contributed by atoms with Gasteiger partial charge in [0.15, 0.2) is 5.96 Å². The van der Waals surface area contributed by atoms with Gasteiger partial charge in [0.25, 0.3) is 0 Å². The first-order valence-electron chi connectivity index (χ1n) is 8.19. The van der Waals surface area contributed by atoms with E-state index in [1.165, 1.54) is 0 Å². The third-order valence-corrected chi connectivity index (χ3v) is 4.35. The molecule has 0 saturated carbocycles. The number of aliphatic imine (C=N–C) groups is 1. The van der Waals surface area contributed by atoms with Gasteiger partial charge >= 0.3 is 5.97 Å². The molecule has 2 aromatic rings. The van der Waals surface area contributed by atoms with Gasteiger partial charge in [0, 0.05) is 5.02 Å². The van der Waals surface area contributed by atoms with Gasteiger partial charge in [0.2, 0.25) is 0 Å². The summed E-state index contributed by atoms with van der Waals surface area (Å²) in [5.41, 5.74) is 2.30. The lowest BCUT2D eigenvalue weighted by Crippen LogP contribution is -2.42. The first-order chi connectivity index (χ1) is 12.1. The van der Waals surface area contributed by atoms with Crippen molar-refractivity contribution in [2.24, 2.45) is 4.99 Å². The number of guanidine groups is 1. The van der Waals surface area contributed by atoms with E-state index >= 15 is 0 Å². The van der Waals surface area contributed by atoms with Crippen molar-refractivity contribution in [3.8, 4) is 0 Å². The monoisotopic (exact) mass is 357 g/mol. The standard InChI is InChI=1S/C19H20ClN3O2/c20-15-8-6-13(7-9-15)10-17(14-4-2-1-3-5-14)23-19-21-12-16(22-19)11-18(24)25/h1-9,16-17H,10-12H2,(H,24,25)(H2,21,22,23). The molecule has 25 heavy (non-hydrogen) atoms. The summed E-state index contributed by atoms with van der Waals surface area (Å²) < 4.78 is 0. The molecule has 0 spiro atoms. The molecule has 0 amide bonds. The van der Waals surface area contributed by atoms with Crippen molar-refractivity contribution >= 4 is 23.5 Å². The van der Waals surface area contributed by atoms with Gasteiger partial charge in [-0.3, -0.25) is 9.79 Å². The molecule has 0 aromatic heterocycles. The molecule has 2 aromatic carbocycles. The third-order valence-electron chi connectivity index (χ3n) is 4.10. The minimum Gasteiger partial charge on any atom is -0.481 e. The van der Waals surface area contributed by atoms with E-state index < -0.39 is 5.97 Å². The van der Waals surface area contributed by atoms with Crippen molar-refractivity contribution in [3.63, 3.8) is 0 Å². The zero-order valence-corrected chi connectivity index (χ0v) is 14.4. The molecule has 0 bridgehead atoms. The summed E-state index contributed by atoms with van der Waals surface area (Å²) >= 11 is 5.97. The number of nitrogens with one attached hydrogen (secondary N) is 2. The molecule has 3 N–H and O–H groups in total. The van der Waals surface area contributed by atoms with E-state index in [1.54, 1.807) is 0 Å². The van der Waals surface area contributed by atoms with Gasteiger partial charge in [-0.1, -0.05) is 54.1 Å². The Bertz CT molecular complexity index is 747. The van der Waals surface area contributed by atoms with Gasteiger partial charge in [-0.15, -0.1) is 0 Å². The fourth-order valence-corrected chi connectivity index (χ4v) is 2.98. The van der Waals surface area contributed by atoms with Crippen LogP contribution < -0.4 is 10.6 Å². The Morgan fingerprint density at radius 1 is 1.24 bits per heavy atom. The average Bonchev–Trinajstić information content (AvgIpc) is 3.03. The lowest BCUT2D eigenvalue weighted by atomic mass is 9.99. The SMILES string of the molecule is O=C(O)CC1CN=C(NC(Cc2ccc(Cl)cc2)c2ccccc2)N1. The smallest absolute Gasteiger partial charge is 0.305 e. The van der Waals surface area contributed by atoms with E-state index in [4.69, 9.17) is 16.7 Å². The second-order valence-electron chi connectivity index (χ2n) is 6.07. The van der Waals surface area contributed by atoms with Gasteiger partial charge in [-0.2, -0.15) is 0 Å². The molecule has 1 aliphatic heterocycles. The number of carboxylic acids is 1. The van der Waals surface area contributed by atoms with Crippen LogP contribution in [-0.4, -0.2) is 29.6 Å². The molecule has 5 nitrogen and oxygen atoms in total. The van der Waals surface area contributed by atoms with Crippen LogP contribution >= 0.6 is 11.6 Å². The number of nitrogens with zero attached hydrogens (tertiary/aromatic N) is 1. The first-order valence-corrected chi connectivity index (χ1v) is 8.56. The predicted molar refractivity (Wildman–Crippen MR) is 99.0 cm³/mol. The molecular weight excluding hydrogens is 338 g/mol. The van der Waals surface area contributed by atoms with E-state index in [1.807, 2.05) is 42.5 Å². The van der Waals surface area contributed by atoms with Crippen LogP contribution in [0.25, 0.3) is 0 Å². The van der Waals surface area contributed by atoms with Crippen molar-refractivity contribution in [1.82, 2.24) is 10.6 Å². The molecule has 0 saturated heterocycles.